The lowest BCUT2D eigenvalue weighted by Crippen LogP contribution is -2.19. The van der Waals surface area contributed by atoms with E-state index >= 15 is 0 Å². The van der Waals surface area contributed by atoms with Crippen molar-refractivity contribution in [2.75, 3.05) is 4.90 Å². The van der Waals surface area contributed by atoms with Gasteiger partial charge in [-0.05, 0) is 44.2 Å². The molecule has 0 saturated carbocycles. The van der Waals surface area contributed by atoms with Crippen LogP contribution in [0.15, 0.2) is 103 Å². The summed E-state index contributed by atoms with van der Waals surface area (Å²) in [4.78, 5) is 2.18. The van der Waals surface area contributed by atoms with E-state index in [0.29, 0.717) is 0 Å². The van der Waals surface area contributed by atoms with Crippen LogP contribution in [0.4, 0.5) is 5.69 Å². The monoisotopic (exact) mass is 277 g/mol. The summed E-state index contributed by atoms with van der Waals surface area (Å²) in [5, 5.41) is 0. The molecule has 1 rings (SSSR count). The molecule has 0 heterocycles. The Morgan fingerprint density at radius 3 is 2.29 bits per heavy atom. The number of para-hydroxylation sites is 1. The number of hydrogen-bond acceptors (Lipinski definition) is 1. The number of hydrogen-bond donors (Lipinski definition) is 0. The predicted molar refractivity (Wildman–Crippen MR) is 95.1 cm³/mol. The lowest BCUT2D eigenvalue weighted by Gasteiger charge is -2.26. The van der Waals surface area contributed by atoms with E-state index in [1.165, 1.54) is 0 Å². The van der Waals surface area contributed by atoms with Crippen molar-refractivity contribution < 1.29 is 0 Å². The van der Waals surface area contributed by atoms with Gasteiger partial charge < -0.3 is 4.90 Å². The summed E-state index contributed by atoms with van der Waals surface area (Å²) in [7, 11) is 0. The summed E-state index contributed by atoms with van der Waals surface area (Å²) in [5.74, 6) is 0. The van der Waals surface area contributed by atoms with Crippen LogP contribution in [0.2, 0.25) is 0 Å². The normalized spacial score (nSPS) is 12.9. The molecule has 0 fully saturated rings. The molecule has 108 valence electrons. The Balaban J connectivity index is 3.35. The maximum absolute atomic E-state index is 3.81. The summed E-state index contributed by atoms with van der Waals surface area (Å²) in [6.07, 6.45) is 15.6. The predicted octanol–water partition coefficient (Wildman–Crippen LogP) is 5.79. The molecule has 0 amide bonds. The van der Waals surface area contributed by atoms with Gasteiger partial charge in [0.15, 0.2) is 0 Å². The Morgan fingerprint density at radius 2 is 1.71 bits per heavy atom. The maximum atomic E-state index is 3.81. The van der Waals surface area contributed by atoms with Gasteiger partial charge in [-0.2, -0.15) is 0 Å². The fourth-order valence-corrected chi connectivity index (χ4v) is 1.94. The fourth-order valence-electron chi connectivity index (χ4n) is 1.94. The largest absolute Gasteiger partial charge is 0.315 e. The van der Waals surface area contributed by atoms with Crippen molar-refractivity contribution in [3.63, 3.8) is 0 Å². The third-order valence-corrected chi connectivity index (χ3v) is 2.85. The molecule has 0 aliphatic carbocycles. The summed E-state index contributed by atoms with van der Waals surface area (Å²) in [5.41, 5.74) is 3.27. The molecule has 0 unspecified atom stereocenters. The van der Waals surface area contributed by atoms with E-state index in [4.69, 9.17) is 0 Å². The molecular weight excluding hydrogens is 254 g/mol. The molecule has 1 heteroatoms. The molecule has 1 nitrogen and oxygen atoms in total. The molecule has 21 heavy (non-hydrogen) atoms. The average molecular weight is 277 g/mol. The van der Waals surface area contributed by atoms with E-state index in [2.05, 4.69) is 43.2 Å². The molecular formula is C20H23N. The molecule has 0 atom stereocenters. The van der Waals surface area contributed by atoms with Gasteiger partial charge in [-0.3, -0.25) is 0 Å². The highest BCUT2D eigenvalue weighted by molar-refractivity contribution is 5.61. The topological polar surface area (TPSA) is 3.24 Å². The number of benzene rings is 1. The van der Waals surface area contributed by atoms with Crippen molar-refractivity contribution in [3.05, 3.63) is 103 Å². The van der Waals surface area contributed by atoms with Gasteiger partial charge in [-0.1, -0.05) is 61.7 Å². The van der Waals surface area contributed by atoms with Crippen LogP contribution in [-0.2, 0) is 0 Å². The highest BCUT2D eigenvalue weighted by atomic mass is 15.1. The van der Waals surface area contributed by atoms with Crippen LogP contribution in [0.3, 0.4) is 0 Å². The lowest BCUT2D eigenvalue weighted by molar-refractivity contribution is 1.10. The highest BCUT2D eigenvalue weighted by Gasteiger charge is 2.10. The summed E-state index contributed by atoms with van der Waals surface area (Å²) in [6.45, 7) is 11.6. The Morgan fingerprint density at radius 1 is 1.00 bits per heavy atom. The van der Waals surface area contributed by atoms with Crippen molar-refractivity contribution in [2.45, 2.75) is 13.8 Å². The maximum Gasteiger partial charge on any atom is 0.0458 e. The molecule has 0 radical (unpaired) electrons. The molecule has 0 aromatic heterocycles. The molecule has 0 saturated heterocycles. The van der Waals surface area contributed by atoms with E-state index < -0.39 is 0 Å². The fraction of sp³-hybridized carbons (Fsp3) is 0.100. The second-order valence-electron chi connectivity index (χ2n) is 4.43. The van der Waals surface area contributed by atoms with Crippen molar-refractivity contribution in [1.29, 1.82) is 0 Å². The zero-order valence-electron chi connectivity index (χ0n) is 12.9. The minimum Gasteiger partial charge on any atom is -0.315 e. The second-order valence-corrected chi connectivity index (χ2v) is 4.43. The SMILES string of the molecule is C=C/C=C\C(=C/C=C)N(/C(C)=C/C=C\C)c1ccccc1. The zero-order chi connectivity index (χ0) is 15.5. The van der Waals surface area contributed by atoms with E-state index in [-0.39, 0.29) is 0 Å². The van der Waals surface area contributed by atoms with E-state index in [9.17, 15) is 0 Å². The molecule has 0 bridgehead atoms. The van der Waals surface area contributed by atoms with Gasteiger partial charge >= 0.3 is 0 Å². The third kappa shape index (κ3) is 5.15. The van der Waals surface area contributed by atoms with Gasteiger partial charge in [0, 0.05) is 17.1 Å². The van der Waals surface area contributed by atoms with Crippen LogP contribution in [0, 0.1) is 0 Å². The standard InChI is InChI=1S/C20H23N/c1-5-8-14-18(4)21(20-16-11-10-12-17-20)19(13-7-3)15-9-6-2/h5-17H,2-3H2,1,4H3/b8-5-,15-9-,18-14+,19-13+. The number of anilines is 1. The number of allylic oxidation sites excluding steroid dienone is 9. The Hall–Kier alpha value is -2.54. The van der Waals surface area contributed by atoms with Crippen molar-refractivity contribution in [3.8, 4) is 0 Å². The van der Waals surface area contributed by atoms with Crippen molar-refractivity contribution >= 4 is 5.69 Å². The highest BCUT2D eigenvalue weighted by Crippen LogP contribution is 2.25. The summed E-state index contributed by atoms with van der Waals surface area (Å²) < 4.78 is 0. The van der Waals surface area contributed by atoms with Gasteiger partial charge in [-0.25, -0.2) is 0 Å². The second kappa shape index (κ2) is 9.38. The molecule has 1 aromatic carbocycles. The van der Waals surface area contributed by atoms with E-state index in [0.717, 1.165) is 17.1 Å². The summed E-state index contributed by atoms with van der Waals surface area (Å²) in [6, 6.07) is 10.3. The Kier molecular flexibility index (Phi) is 7.37. The van der Waals surface area contributed by atoms with Gasteiger partial charge in [0.05, 0.1) is 0 Å². The Bertz CT molecular complexity index is 571. The minimum atomic E-state index is 1.04. The quantitative estimate of drug-likeness (QED) is 0.570. The van der Waals surface area contributed by atoms with Crippen LogP contribution in [0.25, 0.3) is 0 Å². The lowest BCUT2D eigenvalue weighted by atomic mass is 10.2. The van der Waals surface area contributed by atoms with Crippen LogP contribution < -0.4 is 4.90 Å². The Labute approximate surface area is 128 Å². The van der Waals surface area contributed by atoms with Crippen LogP contribution in [0.5, 0.6) is 0 Å². The third-order valence-electron chi connectivity index (χ3n) is 2.85. The number of rotatable bonds is 7. The smallest absolute Gasteiger partial charge is 0.0458 e. The molecule has 0 spiro atoms. The van der Waals surface area contributed by atoms with Gasteiger partial charge in [0.25, 0.3) is 0 Å². The van der Waals surface area contributed by atoms with Gasteiger partial charge in [0.1, 0.15) is 0 Å². The molecule has 1 aromatic rings. The van der Waals surface area contributed by atoms with E-state index in [1.807, 2.05) is 55.5 Å². The summed E-state index contributed by atoms with van der Waals surface area (Å²) >= 11 is 0. The molecule has 0 aliphatic rings. The van der Waals surface area contributed by atoms with Crippen LogP contribution in [-0.4, -0.2) is 0 Å². The first-order valence-corrected chi connectivity index (χ1v) is 7.01. The first-order valence-electron chi connectivity index (χ1n) is 7.01. The average Bonchev–Trinajstić information content (AvgIpc) is 2.52. The first kappa shape index (κ1) is 16.5. The van der Waals surface area contributed by atoms with Gasteiger partial charge in [0.2, 0.25) is 0 Å². The number of nitrogens with zero attached hydrogens (tertiary/aromatic N) is 1. The van der Waals surface area contributed by atoms with Crippen LogP contribution in [0.1, 0.15) is 13.8 Å². The molecule has 0 N–H and O–H groups in total. The van der Waals surface area contributed by atoms with Crippen molar-refractivity contribution in [2.24, 2.45) is 0 Å². The molecule has 0 aliphatic heterocycles. The van der Waals surface area contributed by atoms with E-state index in [1.54, 1.807) is 12.2 Å². The van der Waals surface area contributed by atoms with Crippen molar-refractivity contribution in [1.82, 2.24) is 0 Å². The minimum absolute atomic E-state index is 1.04. The first-order chi connectivity index (χ1) is 10.2. The van der Waals surface area contributed by atoms with Gasteiger partial charge in [-0.15, -0.1) is 0 Å². The van der Waals surface area contributed by atoms with Crippen LogP contribution >= 0.6 is 0 Å². The zero-order valence-corrected chi connectivity index (χ0v) is 12.9.